The van der Waals surface area contributed by atoms with Crippen LogP contribution >= 0.6 is 23.6 Å². The number of hydrogen-bond acceptors (Lipinski definition) is 5. The minimum atomic E-state index is 0.268. The molecule has 0 spiro atoms. The molecule has 4 nitrogen and oxygen atoms in total. The van der Waals surface area contributed by atoms with Crippen molar-refractivity contribution in [1.82, 2.24) is 15.0 Å². The van der Waals surface area contributed by atoms with Crippen LogP contribution in [0.4, 0.5) is 5.95 Å². The molecule has 0 fully saturated rings. The zero-order valence-corrected chi connectivity index (χ0v) is 9.08. The Morgan fingerprint density at radius 3 is 2.86 bits per heavy atom. The third kappa shape index (κ3) is 1.66. The molecule has 0 aliphatic heterocycles. The van der Waals surface area contributed by atoms with Gasteiger partial charge in [-0.1, -0.05) is 0 Å². The van der Waals surface area contributed by atoms with Crippen LogP contribution in [-0.2, 0) is 0 Å². The number of rotatable bonds is 1. The predicted octanol–water partition coefficient (Wildman–Crippen LogP) is 2.15. The van der Waals surface area contributed by atoms with Crippen LogP contribution in [0.5, 0.6) is 0 Å². The second kappa shape index (κ2) is 3.47. The second-order valence-electron chi connectivity index (χ2n) is 2.80. The molecule has 2 aromatic rings. The molecule has 2 aromatic heterocycles. The lowest BCUT2D eigenvalue weighted by Crippen LogP contribution is -1.99. The molecule has 0 saturated heterocycles. The van der Waals surface area contributed by atoms with Gasteiger partial charge in [0.15, 0.2) is 5.82 Å². The van der Waals surface area contributed by atoms with Crippen LogP contribution in [0.2, 0.25) is 0 Å². The third-order valence-corrected chi connectivity index (χ3v) is 2.95. The Labute approximate surface area is 89.9 Å². The van der Waals surface area contributed by atoms with Crippen molar-refractivity contribution in [1.29, 1.82) is 0 Å². The van der Waals surface area contributed by atoms with Gasteiger partial charge in [0.25, 0.3) is 0 Å². The molecule has 0 atom stereocenters. The van der Waals surface area contributed by atoms with E-state index in [9.17, 15) is 0 Å². The van der Waals surface area contributed by atoms with Gasteiger partial charge in [0.1, 0.15) is 0 Å². The predicted molar refractivity (Wildman–Crippen MR) is 59.7 cm³/mol. The van der Waals surface area contributed by atoms with Crippen molar-refractivity contribution in [3.8, 4) is 10.7 Å². The smallest absolute Gasteiger partial charge is 0.224 e. The van der Waals surface area contributed by atoms with Crippen LogP contribution in [-0.4, -0.2) is 15.0 Å². The minimum Gasteiger partial charge on any atom is -0.369 e. The molecule has 0 aliphatic carbocycles. The van der Waals surface area contributed by atoms with E-state index in [0.717, 1.165) is 10.4 Å². The van der Waals surface area contributed by atoms with Crippen LogP contribution in [0, 0.1) is 11.7 Å². The minimum absolute atomic E-state index is 0.268. The quantitative estimate of drug-likeness (QED) is 0.728. The number of nitrogens with two attached hydrogens (primary N) is 1. The van der Waals surface area contributed by atoms with Gasteiger partial charge in [0.05, 0.1) is 4.88 Å². The Bertz CT molecular complexity index is 514. The first-order valence-corrected chi connectivity index (χ1v) is 5.24. The van der Waals surface area contributed by atoms with Crippen molar-refractivity contribution in [2.75, 3.05) is 5.73 Å². The Morgan fingerprint density at radius 1 is 1.50 bits per heavy atom. The molecule has 0 bridgehead atoms. The molecule has 14 heavy (non-hydrogen) atoms. The first-order valence-electron chi connectivity index (χ1n) is 3.95. The first-order chi connectivity index (χ1) is 6.66. The van der Waals surface area contributed by atoms with Gasteiger partial charge in [-0.05, 0) is 36.2 Å². The molecule has 0 unspecified atom stereocenters. The van der Waals surface area contributed by atoms with Crippen molar-refractivity contribution in [2.45, 2.75) is 6.92 Å². The zero-order valence-electron chi connectivity index (χ0n) is 7.44. The Kier molecular flexibility index (Phi) is 2.30. The molecule has 0 aromatic carbocycles. The summed E-state index contributed by atoms with van der Waals surface area (Å²) in [5.41, 5.74) is 6.70. The number of aryl methyl sites for hydroxylation is 1. The second-order valence-corrected chi connectivity index (χ2v) is 4.08. The lowest BCUT2D eigenvalue weighted by Gasteiger charge is -1.99. The van der Waals surface area contributed by atoms with Crippen LogP contribution in [0.1, 0.15) is 5.56 Å². The topological polar surface area (TPSA) is 67.6 Å². The van der Waals surface area contributed by atoms with Crippen molar-refractivity contribution >= 4 is 29.5 Å². The number of nitrogens with one attached hydrogen (secondary N) is 1. The van der Waals surface area contributed by atoms with Crippen LogP contribution in [0.25, 0.3) is 10.7 Å². The number of nitrogen functional groups attached to an aromatic ring is 1. The number of hydrogen-bond donors (Lipinski definition) is 2. The van der Waals surface area contributed by atoms with Crippen molar-refractivity contribution < 1.29 is 0 Å². The van der Waals surface area contributed by atoms with E-state index < -0.39 is 0 Å². The standard InChI is InChI=1S/C8H8N4S2/c1-4-2-3-14-5(4)6-10-7(9)12-8(13)11-6/h2-3H,1H3,(H3,9,10,11,12,13). The van der Waals surface area contributed by atoms with Crippen LogP contribution < -0.4 is 5.73 Å². The lowest BCUT2D eigenvalue weighted by atomic mass is 10.3. The van der Waals surface area contributed by atoms with Gasteiger partial charge in [-0.3, -0.25) is 0 Å². The summed E-state index contributed by atoms with van der Waals surface area (Å²) < 4.78 is 0.268. The molecule has 2 rings (SSSR count). The molecule has 0 amide bonds. The van der Waals surface area contributed by atoms with Crippen LogP contribution in [0.15, 0.2) is 11.4 Å². The number of H-pyrrole nitrogens is 1. The largest absolute Gasteiger partial charge is 0.369 e. The van der Waals surface area contributed by atoms with Gasteiger partial charge < -0.3 is 10.7 Å². The molecule has 0 aliphatic rings. The average molecular weight is 224 g/mol. The highest BCUT2D eigenvalue weighted by Gasteiger charge is 2.06. The van der Waals surface area contributed by atoms with E-state index >= 15 is 0 Å². The molecule has 72 valence electrons. The van der Waals surface area contributed by atoms with Gasteiger partial charge in [-0.2, -0.15) is 9.97 Å². The number of thiophene rings is 1. The van der Waals surface area contributed by atoms with E-state index in [-0.39, 0.29) is 4.77 Å². The maximum Gasteiger partial charge on any atom is 0.224 e. The summed E-state index contributed by atoms with van der Waals surface area (Å²) in [5.74, 6) is 0.989. The maximum atomic E-state index is 5.55. The van der Waals surface area contributed by atoms with Gasteiger partial charge in [-0.25, -0.2) is 0 Å². The van der Waals surface area contributed by atoms with Gasteiger partial charge >= 0.3 is 0 Å². The lowest BCUT2D eigenvalue weighted by molar-refractivity contribution is 1.05. The van der Waals surface area contributed by atoms with E-state index in [2.05, 4.69) is 15.0 Å². The van der Waals surface area contributed by atoms with Gasteiger partial charge in [0, 0.05) is 0 Å². The van der Waals surface area contributed by atoms with Gasteiger partial charge in [-0.15, -0.1) is 11.3 Å². The van der Waals surface area contributed by atoms with Crippen molar-refractivity contribution in [3.05, 3.63) is 21.8 Å². The summed E-state index contributed by atoms with van der Waals surface area (Å²) >= 11 is 6.48. The zero-order chi connectivity index (χ0) is 10.1. The highest BCUT2D eigenvalue weighted by atomic mass is 32.1. The highest BCUT2D eigenvalue weighted by molar-refractivity contribution is 7.71. The molecule has 2 heterocycles. The Morgan fingerprint density at radius 2 is 2.29 bits per heavy atom. The fourth-order valence-electron chi connectivity index (χ4n) is 1.12. The summed E-state index contributed by atoms with van der Waals surface area (Å²) in [6, 6.07) is 2.02. The first kappa shape index (κ1) is 9.29. The van der Waals surface area contributed by atoms with E-state index in [0.29, 0.717) is 11.8 Å². The fraction of sp³-hybridized carbons (Fsp3) is 0.125. The fourth-order valence-corrected chi connectivity index (χ4v) is 2.18. The van der Waals surface area contributed by atoms with E-state index in [1.165, 1.54) is 0 Å². The SMILES string of the molecule is Cc1ccsc1-c1nc(=S)nc(N)[nH]1. The molecule has 6 heteroatoms. The normalized spacial score (nSPS) is 10.4. The number of aromatic amines is 1. The Hall–Kier alpha value is -1.27. The van der Waals surface area contributed by atoms with Crippen molar-refractivity contribution in [3.63, 3.8) is 0 Å². The summed E-state index contributed by atoms with van der Waals surface area (Å²) in [6.07, 6.45) is 0. The number of anilines is 1. The highest BCUT2D eigenvalue weighted by Crippen LogP contribution is 2.25. The van der Waals surface area contributed by atoms with Crippen molar-refractivity contribution in [2.24, 2.45) is 0 Å². The third-order valence-electron chi connectivity index (χ3n) is 1.75. The maximum absolute atomic E-state index is 5.55. The summed E-state index contributed by atoms with van der Waals surface area (Å²) in [6.45, 7) is 2.01. The number of aromatic nitrogens is 3. The summed E-state index contributed by atoms with van der Waals surface area (Å²) in [4.78, 5) is 11.9. The summed E-state index contributed by atoms with van der Waals surface area (Å²) in [7, 11) is 0. The molecule has 0 radical (unpaired) electrons. The number of nitrogens with zero attached hydrogens (tertiary/aromatic N) is 2. The molecular formula is C8H8N4S2. The van der Waals surface area contributed by atoms with Gasteiger partial charge in [0.2, 0.25) is 10.7 Å². The van der Waals surface area contributed by atoms with E-state index in [1.807, 2.05) is 18.4 Å². The van der Waals surface area contributed by atoms with E-state index in [1.54, 1.807) is 11.3 Å². The average Bonchev–Trinajstić information content (AvgIpc) is 2.49. The molecule has 0 saturated carbocycles. The van der Waals surface area contributed by atoms with Crippen LogP contribution in [0.3, 0.4) is 0 Å². The summed E-state index contributed by atoms with van der Waals surface area (Å²) in [5, 5.41) is 2.00. The monoisotopic (exact) mass is 224 g/mol. The molecule has 3 N–H and O–H groups in total. The Balaban J connectivity index is 2.63. The van der Waals surface area contributed by atoms with E-state index in [4.69, 9.17) is 18.0 Å². The molecular weight excluding hydrogens is 216 g/mol.